The average Bonchev–Trinajstić information content (AvgIpc) is 2.63. The molecule has 0 spiro atoms. The number of amides is 1. The van der Waals surface area contributed by atoms with Gasteiger partial charge < -0.3 is 16.0 Å². The highest BCUT2D eigenvalue weighted by Gasteiger charge is 2.34. The van der Waals surface area contributed by atoms with Gasteiger partial charge in [0.15, 0.2) is 0 Å². The second kappa shape index (κ2) is 6.24. The third-order valence-corrected chi connectivity index (χ3v) is 5.23. The molecule has 3 aliphatic heterocycles. The molecule has 0 radical (unpaired) electrons. The lowest BCUT2D eigenvalue weighted by Crippen LogP contribution is -2.57. The summed E-state index contributed by atoms with van der Waals surface area (Å²) in [5, 5.41) is 3.22. The highest BCUT2D eigenvalue weighted by atomic mass is 16.1. The number of carbonyl (C=O) groups excluding carboxylic acids is 1. The number of carbonyl (C=O) groups is 1. The largest absolute Gasteiger partial charge is 0.397 e. The normalized spacial score (nSPS) is 25.4. The number of rotatable bonds is 3. The van der Waals surface area contributed by atoms with Gasteiger partial charge in [-0.05, 0) is 56.1 Å². The van der Waals surface area contributed by atoms with Gasteiger partial charge in [0, 0.05) is 29.9 Å². The smallest absolute Gasteiger partial charge is 0.251 e. The Morgan fingerprint density at radius 2 is 1.92 bits per heavy atom. The number of pyridine rings is 1. The molecule has 1 aromatic heterocycles. The first kappa shape index (κ1) is 15.1. The van der Waals surface area contributed by atoms with Crippen molar-refractivity contribution < 1.29 is 4.79 Å². The van der Waals surface area contributed by atoms with E-state index in [4.69, 9.17) is 5.73 Å². The molecule has 5 heteroatoms. The highest BCUT2D eigenvalue weighted by Crippen LogP contribution is 2.28. The molecule has 2 bridgehead atoms. The van der Waals surface area contributed by atoms with Gasteiger partial charge in [-0.1, -0.05) is 12.1 Å². The summed E-state index contributed by atoms with van der Waals surface area (Å²) >= 11 is 0. The van der Waals surface area contributed by atoms with Crippen molar-refractivity contribution in [2.45, 2.75) is 18.9 Å². The molecule has 5 nitrogen and oxygen atoms in total. The molecule has 1 amide bonds. The number of hydrogen-bond donors (Lipinski definition) is 2. The Kier molecular flexibility index (Phi) is 3.94. The highest BCUT2D eigenvalue weighted by molar-refractivity contribution is 5.95. The Hall–Kier alpha value is -2.40. The minimum atomic E-state index is 0.00860. The molecule has 3 N–H and O–H groups in total. The van der Waals surface area contributed by atoms with Gasteiger partial charge in [0.25, 0.3) is 5.91 Å². The zero-order chi connectivity index (χ0) is 16.5. The maximum absolute atomic E-state index is 12.5. The number of benzene rings is 1. The number of hydrogen-bond acceptors (Lipinski definition) is 4. The van der Waals surface area contributed by atoms with Crippen molar-refractivity contribution in [3.8, 4) is 11.3 Å². The van der Waals surface area contributed by atoms with Gasteiger partial charge in [-0.2, -0.15) is 0 Å². The van der Waals surface area contributed by atoms with E-state index in [9.17, 15) is 4.79 Å². The molecule has 5 rings (SSSR count). The van der Waals surface area contributed by atoms with Crippen molar-refractivity contribution >= 4 is 11.6 Å². The Balaban J connectivity index is 1.47. The molecular formula is C19H22N4O. The van der Waals surface area contributed by atoms with Crippen LogP contribution in [0.2, 0.25) is 0 Å². The molecule has 0 unspecified atom stereocenters. The lowest BCUT2D eigenvalue weighted by atomic mass is 9.84. The van der Waals surface area contributed by atoms with Crippen LogP contribution in [0.5, 0.6) is 0 Å². The van der Waals surface area contributed by atoms with Gasteiger partial charge in [0.05, 0.1) is 11.4 Å². The number of aromatic nitrogens is 1. The van der Waals surface area contributed by atoms with Crippen LogP contribution in [0.4, 0.5) is 5.69 Å². The average molecular weight is 322 g/mol. The second-order valence-electron chi connectivity index (χ2n) is 6.74. The fourth-order valence-corrected chi connectivity index (χ4v) is 3.82. The third kappa shape index (κ3) is 2.87. The lowest BCUT2D eigenvalue weighted by Gasteiger charge is -2.44. The summed E-state index contributed by atoms with van der Waals surface area (Å²) < 4.78 is 0. The minimum absolute atomic E-state index is 0.00860. The van der Waals surface area contributed by atoms with Crippen LogP contribution in [0.1, 0.15) is 23.2 Å². The van der Waals surface area contributed by atoms with Crippen molar-refractivity contribution in [2.75, 3.05) is 25.4 Å². The zero-order valence-corrected chi connectivity index (χ0v) is 13.6. The Bertz CT molecular complexity index is 735. The van der Waals surface area contributed by atoms with E-state index in [1.807, 2.05) is 36.4 Å². The van der Waals surface area contributed by atoms with Gasteiger partial charge in [-0.25, -0.2) is 0 Å². The fraction of sp³-hybridized carbons (Fsp3) is 0.368. The first-order valence-electron chi connectivity index (χ1n) is 8.55. The van der Waals surface area contributed by atoms with Crippen LogP contribution >= 0.6 is 0 Å². The molecule has 1 atom stereocenters. The van der Waals surface area contributed by atoms with Crippen LogP contribution in [0.25, 0.3) is 11.3 Å². The molecular weight excluding hydrogens is 300 g/mol. The minimum Gasteiger partial charge on any atom is -0.397 e. The van der Waals surface area contributed by atoms with Crippen LogP contribution in [-0.4, -0.2) is 41.5 Å². The summed E-state index contributed by atoms with van der Waals surface area (Å²) in [4.78, 5) is 19.3. The molecule has 1 aromatic carbocycles. The Morgan fingerprint density at radius 3 is 2.54 bits per heavy atom. The molecule has 4 heterocycles. The molecule has 0 aliphatic carbocycles. The van der Waals surface area contributed by atoms with Crippen molar-refractivity contribution in [3.63, 3.8) is 0 Å². The fourth-order valence-electron chi connectivity index (χ4n) is 3.82. The van der Waals surface area contributed by atoms with Crippen LogP contribution in [0.15, 0.2) is 42.6 Å². The summed E-state index contributed by atoms with van der Waals surface area (Å²) in [7, 11) is 0. The number of nitrogens with one attached hydrogen (secondary N) is 1. The van der Waals surface area contributed by atoms with Gasteiger partial charge >= 0.3 is 0 Å². The van der Waals surface area contributed by atoms with E-state index >= 15 is 0 Å². The van der Waals surface area contributed by atoms with E-state index in [-0.39, 0.29) is 11.9 Å². The molecule has 3 aliphatic rings. The lowest BCUT2D eigenvalue weighted by molar-refractivity contribution is 0.0620. The summed E-state index contributed by atoms with van der Waals surface area (Å²) in [6, 6.07) is 11.4. The predicted molar refractivity (Wildman–Crippen MR) is 94.5 cm³/mol. The van der Waals surface area contributed by atoms with E-state index in [0.717, 1.165) is 17.8 Å². The molecule has 3 saturated heterocycles. The topological polar surface area (TPSA) is 71.2 Å². The molecule has 124 valence electrons. The summed E-state index contributed by atoms with van der Waals surface area (Å²) in [6.45, 7) is 3.34. The molecule has 3 fully saturated rings. The standard InChI is InChI=1S/C19H22N4O/c20-16-2-1-9-21-18(16)14-3-5-15(6-4-14)19(24)22-17-12-23-10-7-13(17)8-11-23/h1-6,9,13,17H,7-8,10-12,20H2,(H,22,24)/t17-/m1/s1. The summed E-state index contributed by atoms with van der Waals surface area (Å²) in [5.74, 6) is 0.640. The number of anilines is 1. The van der Waals surface area contributed by atoms with Crippen LogP contribution < -0.4 is 11.1 Å². The number of piperidine rings is 3. The summed E-state index contributed by atoms with van der Waals surface area (Å²) in [5.41, 5.74) is 8.96. The maximum Gasteiger partial charge on any atom is 0.251 e. The number of nitrogen functional groups attached to an aromatic ring is 1. The van der Waals surface area contributed by atoms with E-state index < -0.39 is 0 Å². The van der Waals surface area contributed by atoms with Crippen LogP contribution in [-0.2, 0) is 0 Å². The van der Waals surface area contributed by atoms with Gasteiger partial charge in [-0.15, -0.1) is 0 Å². The summed E-state index contributed by atoms with van der Waals surface area (Å²) in [6.07, 6.45) is 4.12. The first-order chi connectivity index (χ1) is 11.7. The predicted octanol–water partition coefficient (Wildman–Crippen LogP) is 2.15. The van der Waals surface area contributed by atoms with Gasteiger partial charge in [0.2, 0.25) is 0 Å². The Morgan fingerprint density at radius 1 is 1.17 bits per heavy atom. The van der Waals surface area contributed by atoms with E-state index in [1.165, 1.54) is 25.9 Å². The van der Waals surface area contributed by atoms with Crippen molar-refractivity contribution in [3.05, 3.63) is 48.2 Å². The molecule has 0 saturated carbocycles. The number of fused-ring (bicyclic) bond motifs is 3. The van der Waals surface area contributed by atoms with E-state index in [2.05, 4.69) is 15.2 Å². The second-order valence-corrected chi connectivity index (χ2v) is 6.74. The van der Waals surface area contributed by atoms with Crippen molar-refractivity contribution in [2.24, 2.45) is 5.92 Å². The van der Waals surface area contributed by atoms with Gasteiger partial charge in [0.1, 0.15) is 0 Å². The van der Waals surface area contributed by atoms with Crippen LogP contribution in [0, 0.1) is 5.92 Å². The van der Waals surface area contributed by atoms with Gasteiger partial charge in [-0.3, -0.25) is 9.78 Å². The molecule has 24 heavy (non-hydrogen) atoms. The SMILES string of the molecule is Nc1cccnc1-c1ccc(C(=O)N[C@@H]2CN3CCC2CC3)cc1. The zero-order valence-electron chi connectivity index (χ0n) is 13.6. The Labute approximate surface area is 141 Å². The molecule has 2 aromatic rings. The maximum atomic E-state index is 12.5. The third-order valence-electron chi connectivity index (χ3n) is 5.23. The number of nitrogens with zero attached hydrogens (tertiary/aromatic N) is 2. The first-order valence-corrected chi connectivity index (χ1v) is 8.55. The monoisotopic (exact) mass is 322 g/mol. The quantitative estimate of drug-likeness (QED) is 0.908. The van der Waals surface area contributed by atoms with Crippen molar-refractivity contribution in [1.82, 2.24) is 15.2 Å². The van der Waals surface area contributed by atoms with E-state index in [0.29, 0.717) is 17.2 Å². The van der Waals surface area contributed by atoms with Crippen LogP contribution in [0.3, 0.4) is 0 Å². The number of nitrogens with two attached hydrogens (primary N) is 1. The van der Waals surface area contributed by atoms with E-state index in [1.54, 1.807) is 6.20 Å². The van der Waals surface area contributed by atoms with Crippen molar-refractivity contribution in [1.29, 1.82) is 0 Å².